The average Bonchev–Trinajstić information content (AvgIpc) is 2.33. The van der Waals surface area contributed by atoms with E-state index in [0.29, 0.717) is 0 Å². The van der Waals surface area contributed by atoms with Crippen LogP contribution >= 0.6 is 0 Å². The fourth-order valence-corrected chi connectivity index (χ4v) is 1.56. The average molecular weight is 262 g/mol. The molecule has 0 aromatic heterocycles. The van der Waals surface area contributed by atoms with E-state index >= 15 is 0 Å². The van der Waals surface area contributed by atoms with Gasteiger partial charge in [0, 0.05) is 5.69 Å². The third-order valence-electron chi connectivity index (χ3n) is 2.51. The van der Waals surface area contributed by atoms with E-state index in [9.17, 15) is 19.4 Å². The molecule has 2 rings (SSSR count). The first-order valence-electron chi connectivity index (χ1n) is 5.36. The first-order chi connectivity index (χ1) is 8.99. The zero-order chi connectivity index (χ0) is 14.0. The first-order valence-corrected chi connectivity index (χ1v) is 5.36. The molecule has 0 bridgehead atoms. The van der Waals surface area contributed by atoms with E-state index in [0.717, 1.165) is 6.07 Å². The fourth-order valence-electron chi connectivity index (χ4n) is 1.56. The van der Waals surface area contributed by atoms with Gasteiger partial charge in [0.1, 0.15) is 22.9 Å². The van der Waals surface area contributed by atoms with Crippen molar-refractivity contribution in [2.24, 2.45) is 0 Å². The molecule has 0 aliphatic heterocycles. The van der Waals surface area contributed by atoms with Crippen LogP contribution in [0.15, 0.2) is 36.4 Å². The van der Waals surface area contributed by atoms with Crippen LogP contribution in [0.25, 0.3) is 0 Å². The molecule has 0 fully saturated rings. The summed E-state index contributed by atoms with van der Waals surface area (Å²) < 4.78 is 13.2. The van der Waals surface area contributed by atoms with Crippen LogP contribution in [-0.4, -0.2) is 16.1 Å². The van der Waals surface area contributed by atoms with Crippen LogP contribution in [0.2, 0.25) is 0 Å². The summed E-state index contributed by atoms with van der Waals surface area (Å²) in [5.74, 6) is -2.15. The molecular formula is C13H11FN2O3. The monoisotopic (exact) mass is 262 g/mol. The van der Waals surface area contributed by atoms with Crippen molar-refractivity contribution in [2.45, 2.75) is 0 Å². The Hall–Kier alpha value is -2.76. The van der Waals surface area contributed by atoms with E-state index in [4.69, 9.17) is 5.73 Å². The minimum absolute atomic E-state index is 0.0385. The Balaban J connectivity index is 2.28. The lowest BCUT2D eigenvalue weighted by Gasteiger charge is -2.09. The number of nitrogens with one attached hydrogen (secondary N) is 1. The molecule has 0 atom stereocenters. The molecule has 0 saturated carbocycles. The lowest BCUT2D eigenvalue weighted by Crippen LogP contribution is -2.12. The summed E-state index contributed by atoms with van der Waals surface area (Å²) in [5.41, 5.74) is 5.16. The van der Waals surface area contributed by atoms with Crippen LogP contribution in [0, 0.1) is 5.82 Å². The van der Waals surface area contributed by atoms with Gasteiger partial charge in [-0.1, -0.05) is 6.07 Å². The van der Waals surface area contributed by atoms with Crippen LogP contribution in [0.3, 0.4) is 0 Å². The van der Waals surface area contributed by atoms with Crippen LogP contribution in [0.5, 0.6) is 11.5 Å². The Morgan fingerprint density at radius 2 is 1.79 bits per heavy atom. The molecular weight excluding hydrogens is 251 g/mol. The maximum atomic E-state index is 13.2. The molecule has 6 heteroatoms. The van der Waals surface area contributed by atoms with E-state index in [1.807, 2.05) is 0 Å². The summed E-state index contributed by atoms with van der Waals surface area (Å²) in [6.07, 6.45) is 0. The standard InChI is InChI=1S/C13H11FN2O3/c14-8-6-7(4-5-9(8)15)16-13(19)12-10(17)2-1-3-11(12)18/h1-6,17-18H,15H2,(H,16,19). The highest BCUT2D eigenvalue weighted by atomic mass is 19.1. The Bertz CT molecular complexity index is 624. The third kappa shape index (κ3) is 2.57. The molecule has 0 radical (unpaired) electrons. The number of anilines is 2. The number of amides is 1. The minimum Gasteiger partial charge on any atom is -0.507 e. The van der Waals surface area contributed by atoms with Crippen molar-refractivity contribution in [3.8, 4) is 11.5 Å². The van der Waals surface area contributed by atoms with Gasteiger partial charge in [-0.3, -0.25) is 4.79 Å². The van der Waals surface area contributed by atoms with Crippen molar-refractivity contribution in [1.82, 2.24) is 0 Å². The van der Waals surface area contributed by atoms with Crippen LogP contribution < -0.4 is 11.1 Å². The summed E-state index contributed by atoms with van der Waals surface area (Å²) in [5, 5.41) is 21.4. The molecule has 2 aromatic rings. The molecule has 2 aromatic carbocycles. The zero-order valence-electron chi connectivity index (χ0n) is 9.72. The summed E-state index contributed by atoms with van der Waals surface area (Å²) in [7, 11) is 0. The number of aromatic hydroxyl groups is 2. The number of halogens is 1. The second kappa shape index (κ2) is 4.85. The quantitative estimate of drug-likeness (QED) is 0.623. The van der Waals surface area contributed by atoms with E-state index < -0.39 is 11.7 Å². The Kier molecular flexibility index (Phi) is 3.24. The fraction of sp³-hybridized carbons (Fsp3) is 0. The number of benzene rings is 2. The minimum atomic E-state index is -0.750. The largest absolute Gasteiger partial charge is 0.507 e. The van der Waals surface area contributed by atoms with E-state index in [-0.39, 0.29) is 28.4 Å². The van der Waals surface area contributed by atoms with Gasteiger partial charge in [0.05, 0.1) is 5.69 Å². The summed E-state index contributed by atoms with van der Waals surface area (Å²) >= 11 is 0. The SMILES string of the molecule is Nc1ccc(NC(=O)c2c(O)cccc2O)cc1F. The number of phenols is 2. The number of carbonyl (C=O) groups excluding carboxylic acids is 1. The zero-order valence-corrected chi connectivity index (χ0v) is 9.72. The highest BCUT2D eigenvalue weighted by Gasteiger charge is 2.16. The second-order valence-corrected chi connectivity index (χ2v) is 3.86. The van der Waals surface area contributed by atoms with E-state index in [1.165, 1.54) is 30.3 Å². The van der Waals surface area contributed by atoms with Crippen molar-refractivity contribution < 1.29 is 19.4 Å². The molecule has 0 unspecified atom stereocenters. The molecule has 0 spiro atoms. The molecule has 19 heavy (non-hydrogen) atoms. The first kappa shape index (κ1) is 12.7. The van der Waals surface area contributed by atoms with Gasteiger partial charge < -0.3 is 21.3 Å². The molecule has 98 valence electrons. The van der Waals surface area contributed by atoms with Crippen molar-refractivity contribution >= 4 is 17.3 Å². The number of nitrogen functional groups attached to an aromatic ring is 1. The molecule has 1 amide bonds. The van der Waals surface area contributed by atoms with Gasteiger partial charge in [0.25, 0.3) is 5.91 Å². The molecule has 5 nitrogen and oxygen atoms in total. The van der Waals surface area contributed by atoms with Gasteiger partial charge in [-0.25, -0.2) is 4.39 Å². The van der Waals surface area contributed by atoms with Crippen molar-refractivity contribution in [3.63, 3.8) is 0 Å². The molecule has 0 aliphatic carbocycles. The highest BCUT2D eigenvalue weighted by molar-refractivity contribution is 6.08. The number of hydrogen-bond donors (Lipinski definition) is 4. The second-order valence-electron chi connectivity index (χ2n) is 3.86. The van der Waals surface area contributed by atoms with Crippen molar-refractivity contribution in [1.29, 1.82) is 0 Å². The maximum Gasteiger partial charge on any atom is 0.263 e. The molecule has 5 N–H and O–H groups in total. The van der Waals surface area contributed by atoms with Gasteiger partial charge in [0.2, 0.25) is 0 Å². The third-order valence-corrected chi connectivity index (χ3v) is 2.51. The smallest absolute Gasteiger partial charge is 0.263 e. The summed E-state index contributed by atoms with van der Waals surface area (Å²) in [4.78, 5) is 11.9. The number of carbonyl (C=O) groups is 1. The van der Waals surface area contributed by atoms with Gasteiger partial charge in [-0.15, -0.1) is 0 Å². The van der Waals surface area contributed by atoms with Gasteiger partial charge >= 0.3 is 0 Å². The molecule has 0 aliphatic rings. The summed E-state index contributed by atoms with van der Waals surface area (Å²) in [6, 6.07) is 7.67. The molecule has 0 saturated heterocycles. The Morgan fingerprint density at radius 3 is 2.37 bits per heavy atom. The van der Waals surface area contributed by atoms with Crippen LogP contribution in [0.1, 0.15) is 10.4 Å². The summed E-state index contributed by atoms with van der Waals surface area (Å²) in [6.45, 7) is 0. The number of hydrogen-bond acceptors (Lipinski definition) is 4. The van der Waals surface area contributed by atoms with Gasteiger partial charge in [-0.05, 0) is 30.3 Å². The van der Waals surface area contributed by atoms with E-state index in [1.54, 1.807) is 0 Å². The number of nitrogens with two attached hydrogens (primary N) is 1. The molecule has 0 heterocycles. The number of phenolic OH excluding ortho intramolecular Hbond substituents is 2. The van der Waals surface area contributed by atoms with Gasteiger partial charge in [0.15, 0.2) is 0 Å². The lowest BCUT2D eigenvalue weighted by molar-refractivity contribution is 0.102. The topological polar surface area (TPSA) is 95.6 Å². The predicted molar refractivity (Wildman–Crippen MR) is 68.5 cm³/mol. The van der Waals surface area contributed by atoms with Crippen molar-refractivity contribution in [3.05, 3.63) is 47.8 Å². The van der Waals surface area contributed by atoms with Crippen LogP contribution in [-0.2, 0) is 0 Å². The van der Waals surface area contributed by atoms with Gasteiger partial charge in [-0.2, -0.15) is 0 Å². The Labute approximate surface area is 108 Å². The maximum absolute atomic E-state index is 13.2. The van der Waals surface area contributed by atoms with Crippen LogP contribution in [0.4, 0.5) is 15.8 Å². The number of rotatable bonds is 2. The normalized spacial score (nSPS) is 10.2. The Morgan fingerprint density at radius 1 is 1.16 bits per heavy atom. The lowest BCUT2D eigenvalue weighted by atomic mass is 10.1. The highest BCUT2D eigenvalue weighted by Crippen LogP contribution is 2.27. The van der Waals surface area contributed by atoms with Crippen molar-refractivity contribution in [2.75, 3.05) is 11.1 Å². The van der Waals surface area contributed by atoms with E-state index in [2.05, 4.69) is 5.32 Å². The predicted octanol–water partition coefficient (Wildman–Crippen LogP) is 2.07.